The van der Waals surface area contributed by atoms with E-state index in [-0.39, 0.29) is 12.5 Å². The number of hydrogen-bond acceptors (Lipinski definition) is 1. The van der Waals surface area contributed by atoms with Crippen LogP contribution in [0.15, 0.2) is 18.2 Å². The van der Waals surface area contributed by atoms with Crippen LogP contribution in [0, 0.1) is 18.8 Å². The molecule has 0 N–H and O–H groups in total. The summed E-state index contributed by atoms with van der Waals surface area (Å²) in [6.07, 6.45) is -5.15. The van der Waals surface area contributed by atoms with Gasteiger partial charge in [-0.15, -0.1) is 11.6 Å². The highest BCUT2D eigenvalue weighted by atomic mass is 35.5. The highest BCUT2D eigenvalue weighted by molar-refractivity contribution is 6.19. The number of hydrogen-bond donors (Lipinski definition) is 0. The van der Waals surface area contributed by atoms with Crippen molar-refractivity contribution in [2.45, 2.75) is 19.5 Å². The smallest absolute Gasteiger partial charge is 0.392 e. The Bertz CT molecular complexity index is 458. The maximum atomic E-state index is 11.9. The summed E-state index contributed by atoms with van der Waals surface area (Å²) in [5.74, 6) is 6.22. The Hall–Kier alpha value is -1.34. The lowest BCUT2D eigenvalue weighted by Gasteiger charge is -2.09. The summed E-state index contributed by atoms with van der Waals surface area (Å²) >= 11 is 5.44. The van der Waals surface area contributed by atoms with Gasteiger partial charge in [-0.1, -0.05) is 11.8 Å². The van der Waals surface area contributed by atoms with E-state index in [1.807, 2.05) is 6.92 Å². The lowest BCUT2D eigenvalue weighted by molar-refractivity contribution is -0.139. The van der Waals surface area contributed by atoms with Crippen molar-refractivity contribution in [2.75, 3.05) is 12.5 Å². The van der Waals surface area contributed by atoms with Crippen LogP contribution in [0.25, 0.3) is 0 Å². The van der Waals surface area contributed by atoms with Gasteiger partial charge in [0.1, 0.15) is 5.75 Å². The molecule has 0 atom stereocenters. The standard InChI is InChI=1S/C13H12ClF3O/c1-10-9-12(18-8-6-13(15,16)17)5-4-11(10)3-2-7-14/h4-5,9H,6-8H2,1H3. The molecule has 0 aliphatic heterocycles. The number of halogens is 4. The van der Waals surface area contributed by atoms with Crippen LogP contribution in [-0.4, -0.2) is 18.7 Å². The maximum Gasteiger partial charge on any atom is 0.392 e. The van der Waals surface area contributed by atoms with E-state index in [2.05, 4.69) is 11.8 Å². The Morgan fingerprint density at radius 1 is 1.33 bits per heavy atom. The van der Waals surface area contributed by atoms with Crippen molar-refractivity contribution in [1.29, 1.82) is 0 Å². The van der Waals surface area contributed by atoms with Crippen molar-refractivity contribution in [3.63, 3.8) is 0 Å². The first kappa shape index (κ1) is 14.7. The lowest BCUT2D eigenvalue weighted by Crippen LogP contribution is -2.13. The molecule has 0 aliphatic carbocycles. The van der Waals surface area contributed by atoms with Crippen molar-refractivity contribution in [3.05, 3.63) is 29.3 Å². The minimum atomic E-state index is -4.19. The molecule has 0 radical (unpaired) electrons. The van der Waals surface area contributed by atoms with Crippen LogP contribution in [-0.2, 0) is 0 Å². The Morgan fingerprint density at radius 2 is 2.06 bits per heavy atom. The average Bonchev–Trinajstić information content (AvgIpc) is 2.26. The lowest BCUT2D eigenvalue weighted by atomic mass is 10.1. The quantitative estimate of drug-likeness (QED) is 0.601. The van der Waals surface area contributed by atoms with Gasteiger partial charge in [0, 0.05) is 5.56 Å². The molecule has 1 rings (SSSR count). The average molecular weight is 277 g/mol. The molecule has 5 heteroatoms. The molecule has 0 spiro atoms. The van der Waals surface area contributed by atoms with Crippen LogP contribution in [0.5, 0.6) is 5.75 Å². The van der Waals surface area contributed by atoms with Gasteiger partial charge in [-0.05, 0) is 30.7 Å². The van der Waals surface area contributed by atoms with Crippen LogP contribution in [0.3, 0.4) is 0 Å². The third-order valence-corrected chi connectivity index (χ3v) is 2.28. The van der Waals surface area contributed by atoms with Gasteiger partial charge < -0.3 is 4.74 Å². The topological polar surface area (TPSA) is 9.23 Å². The third-order valence-electron chi connectivity index (χ3n) is 2.14. The monoisotopic (exact) mass is 276 g/mol. The van der Waals surface area contributed by atoms with E-state index >= 15 is 0 Å². The normalized spacial score (nSPS) is 10.7. The highest BCUT2D eigenvalue weighted by Gasteiger charge is 2.26. The summed E-state index contributed by atoms with van der Waals surface area (Å²) < 4.78 is 40.8. The number of alkyl halides is 4. The second-order valence-corrected chi connectivity index (χ2v) is 3.89. The van der Waals surface area contributed by atoms with Gasteiger partial charge in [0.05, 0.1) is 18.9 Å². The third kappa shape index (κ3) is 5.33. The van der Waals surface area contributed by atoms with E-state index in [9.17, 15) is 13.2 Å². The van der Waals surface area contributed by atoms with Crippen molar-refractivity contribution in [3.8, 4) is 17.6 Å². The first-order valence-corrected chi connectivity index (χ1v) is 5.81. The van der Waals surface area contributed by atoms with E-state index < -0.39 is 12.6 Å². The van der Waals surface area contributed by atoms with E-state index in [1.54, 1.807) is 18.2 Å². The Morgan fingerprint density at radius 3 is 2.61 bits per heavy atom. The Balaban J connectivity index is 2.62. The summed E-state index contributed by atoms with van der Waals surface area (Å²) in [5.41, 5.74) is 1.64. The molecular weight excluding hydrogens is 265 g/mol. The van der Waals surface area contributed by atoms with Crippen LogP contribution in [0.4, 0.5) is 13.2 Å². The molecule has 0 fully saturated rings. The van der Waals surface area contributed by atoms with E-state index in [4.69, 9.17) is 16.3 Å². The first-order chi connectivity index (χ1) is 8.42. The summed E-state index contributed by atoms with van der Waals surface area (Å²) in [5, 5.41) is 0. The fraction of sp³-hybridized carbons (Fsp3) is 0.385. The minimum absolute atomic E-state index is 0.239. The number of aryl methyl sites for hydroxylation is 1. The SMILES string of the molecule is Cc1cc(OCCC(F)(F)F)ccc1C#CCCl. The van der Waals surface area contributed by atoms with Crippen LogP contribution < -0.4 is 4.74 Å². The second kappa shape index (κ2) is 6.55. The van der Waals surface area contributed by atoms with Gasteiger partial charge in [0.15, 0.2) is 0 Å². The van der Waals surface area contributed by atoms with Gasteiger partial charge in [-0.3, -0.25) is 0 Å². The van der Waals surface area contributed by atoms with Gasteiger partial charge in [-0.2, -0.15) is 13.2 Å². The number of ether oxygens (including phenoxy) is 1. The summed E-state index contributed by atoms with van der Waals surface area (Å²) in [6, 6.07) is 4.97. The molecule has 1 nitrogen and oxygen atoms in total. The van der Waals surface area contributed by atoms with Gasteiger partial charge in [0.2, 0.25) is 0 Å². The molecule has 0 aliphatic rings. The summed E-state index contributed by atoms with van der Waals surface area (Å²) in [6.45, 7) is 1.44. The molecule has 1 aromatic rings. The zero-order chi connectivity index (χ0) is 13.6. The predicted octanol–water partition coefficient (Wildman–Crippen LogP) is 3.92. The zero-order valence-corrected chi connectivity index (χ0v) is 10.5. The van der Waals surface area contributed by atoms with Crippen molar-refractivity contribution < 1.29 is 17.9 Å². The Labute approximate surface area is 109 Å². The molecule has 0 heterocycles. The van der Waals surface area contributed by atoms with Crippen molar-refractivity contribution in [2.24, 2.45) is 0 Å². The predicted molar refractivity (Wildman–Crippen MR) is 64.9 cm³/mol. The summed E-state index contributed by atoms with van der Waals surface area (Å²) in [7, 11) is 0. The van der Waals surface area contributed by atoms with Gasteiger partial charge >= 0.3 is 6.18 Å². The largest absolute Gasteiger partial charge is 0.493 e. The minimum Gasteiger partial charge on any atom is -0.493 e. The molecular formula is C13H12ClF3O. The first-order valence-electron chi connectivity index (χ1n) is 5.27. The second-order valence-electron chi connectivity index (χ2n) is 3.63. The fourth-order valence-corrected chi connectivity index (χ4v) is 1.35. The molecule has 98 valence electrons. The molecule has 0 bridgehead atoms. The maximum absolute atomic E-state index is 11.9. The molecule has 0 saturated heterocycles. The van der Waals surface area contributed by atoms with Crippen LogP contribution in [0.1, 0.15) is 17.5 Å². The number of benzene rings is 1. The summed E-state index contributed by atoms with van der Waals surface area (Å²) in [4.78, 5) is 0. The van der Waals surface area contributed by atoms with Crippen molar-refractivity contribution in [1.82, 2.24) is 0 Å². The molecule has 18 heavy (non-hydrogen) atoms. The van der Waals surface area contributed by atoms with E-state index in [0.717, 1.165) is 11.1 Å². The molecule has 0 amide bonds. The number of rotatable bonds is 3. The van der Waals surface area contributed by atoms with Gasteiger partial charge in [-0.25, -0.2) is 0 Å². The fourth-order valence-electron chi connectivity index (χ4n) is 1.28. The van der Waals surface area contributed by atoms with Crippen LogP contribution in [0.2, 0.25) is 0 Å². The molecule has 0 unspecified atom stereocenters. The molecule has 0 aromatic heterocycles. The van der Waals surface area contributed by atoms with E-state index in [1.165, 1.54) is 0 Å². The van der Waals surface area contributed by atoms with E-state index in [0.29, 0.717) is 5.75 Å². The molecule has 1 aromatic carbocycles. The van der Waals surface area contributed by atoms with Gasteiger partial charge in [0.25, 0.3) is 0 Å². The molecule has 0 saturated carbocycles. The van der Waals surface area contributed by atoms with Crippen molar-refractivity contribution >= 4 is 11.6 Å². The Kier molecular flexibility index (Phi) is 5.36. The zero-order valence-electron chi connectivity index (χ0n) is 9.77. The highest BCUT2D eigenvalue weighted by Crippen LogP contribution is 2.21. The van der Waals surface area contributed by atoms with Crippen LogP contribution >= 0.6 is 11.6 Å².